The second-order valence-corrected chi connectivity index (χ2v) is 6.24. The predicted molar refractivity (Wildman–Crippen MR) is 104 cm³/mol. The van der Waals surface area contributed by atoms with Crippen LogP contribution in [-0.2, 0) is 4.79 Å². The Labute approximate surface area is 158 Å². The zero-order valence-electron chi connectivity index (χ0n) is 15.9. The van der Waals surface area contributed by atoms with E-state index in [1.807, 2.05) is 24.3 Å². The van der Waals surface area contributed by atoms with E-state index in [1.54, 1.807) is 13.0 Å². The number of rotatable bonds is 8. The first-order chi connectivity index (χ1) is 12.9. The van der Waals surface area contributed by atoms with Gasteiger partial charge in [0.05, 0.1) is 18.1 Å². The number of nitrogens with one attached hydrogen (secondary N) is 1. The third-order valence-corrected chi connectivity index (χ3v) is 4.40. The smallest absolute Gasteiger partial charge is 0.314 e. The quantitative estimate of drug-likeness (QED) is 0.543. The molecule has 2 aromatic rings. The van der Waals surface area contributed by atoms with Crippen LogP contribution < -0.4 is 14.8 Å². The molecule has 2 atom stereocenters. The summed E-state index contributed by atoms with van der Waals surface area (Å²) in [5.41, 5.74) is 1.50. The Balaban J connectivity index is 2.17. The van der Waals surface area contributed by atoms with Crippen molar-refractivity contribution in [3.63, 3.8) is 0 Å². The van der Waals surface area contributed by atoms with Gasteiger partial charge in [-0.05, 0) is 43.0 Å². The van der Waals surface area contributed by atoms with E-state index in [1.165, 1.54) is 19.2 Å². The van der Waals surface area contributed by atoms with E-state index in [9.17, 15) is 14.9 Å². The number of nitrogens with zero attached hydrogens (tertiary/aromatic N) is 1. The monoisotopic (exact) mass is 372 g/mol. The first kappa shape index (κ1) is 20.2. The molecule has 0 bridgehead atoms. The highest BCUT2D eigenvalue weighted by atomic mass is 16.6. The molecule has 144 valence electrons. The highest BCUT2D eigenvalue weighted by molar-refractivity contribution is 5.95. The van der Waals surface area contributed by atoms with Crippen molar-refractivity contribution >= 4 is 17.3 Å². The summed E-state index contributed by atoms with van der Waals surface area (Å²) < 4.78 is 10.6. The first-order valence-electron chi connectivity index (χ1n) is 8.76. The summed E-state index contributed by atoms with van der Waals surface area (Å²) in [6.07, 6.45) is 0.0267. The third-order valence-electron chi connectivity index (χ3n) is 4.40. The molecule has 2 aromatic carbocycles. The maximum Gasteiger partial charge on any atom is 0.314 e. The van der Waals surface area contributed by atoms with Gasteiger partial charge in [0.25, 0.3) is 5.91 Å². The van der Waals surface area contributed by atoms with E-state index in [4.69, 9.17) is 9.47 Å². The number of nitro groups is 1. The fraction of sp³-hybridized carbons (Fsp3) is 0.350. The number of methoxy groups -OCH3 is 1. The highest BCUT2D eigenvalue weighted by Gasteiger charge is 2.23. The fourth-order valence-electron chi connectivity index (χ4n) is 2.61. The minimum Gasteiger partial charge on any atom is -0.496 e. The molecule has 0 aliphatic rings. The number of carbonyl (C=O) groups is 1. The van der Waals surface area contributed by atoms with Gasteiger partial charge >= 0.3 is 5.69 Å². The normalized spacial score (nSPS) is 12.7. The van der Waals surface area contributed by atoms with Crippen LogP contribution in [0.4, 0.5) is 11.4 Å². The Hall–Kier alpha value is -3.09. The number of hydrogen-bond donors (Lipinski definition) is 1. The molecule has 1 amide bonds. The van der Waals surface area contributed by atoms with Gasteiger partial charge in [0.15, 0.2) is 11.9 Å². The molecule has 0 aliphatic carbocycles. The second kappa shape index (κ2) is 9.02. The van der Waals surface area contributed by atoms with Crippen molar-refractivity contribution in [2.45, 2.75) is 39.2 Å². The van der Waals surface area contributed by atoms with Crippen LogP contribution in [-0.4, -0.2) is 24.0 Å². The summed E-state index contributed by atoms with van der Waals surface area (Å²) in [5, 5.41) is 14.1. The molecule has 0 saturated carbocycles. The van der Waals surface area contributed by atoms with E-state index >= 15 is 0 Å². The van der Waals surface area contributed by atoms with Crippen molar-refractivity contribution < 1.29 is 19.2 Å². The van der Waals surface area contributed by atoms with Crippen LogP contribution in [0.2, 0.25) is 0 Å². The fourth-order valence-corrected chi connectivity index (χ4v) is 2.61. The molecule has 0 saturated heterocycles. The van der Waals surface area contributed by atoms with Gasteiger partial charge in [-0.1, -0.05) is 32.0 Å². The number of hydrogen-bond acceptors (Lipinski definition) is 5. The SMILES string of the molecule is CC[C@H](C)c1ccccc1NC(=O)[C@@H](C)Oc1ccc(OC)cc1[N+](=O)[O-]. The zero-order valence-corrected chi connectivity index (χ0v) is 15.9. The summed E-state index contributed by atoms with van der Waals surface area (Å²) in [6, 6.07) is 11.8. The molecule has 0 spiro atoms. The maximum atomic E-state index is 12.6. The van der Waals surface area contributed by atoms with Gasteiger partial charge in [-0.3, -0.25) is 14.9 Å². The van der Waals surface area contributed by atoms with Crippen molar-refractivity contribution in [3.05, 3.63) is 58.1 Å². The summed E-state index contributed by atoms with van der Waals surface area (Å²) in [7, 11) is 1.42. The van der Waals surface area contributed by atoms with Crippen LogP contribution in [0.3, 0.4) is 0 Å². The standard InChI is InChI=1S/C20H24N2O5/c1-5-13(2)16-8-6-7-9-17(16)21-20(23)14(3)27-19-11-10-15(26-4)12-18(19)22(24)25/h6-14H,5H2,1-4H3,(H,21,23)/t13-,14+/m0/s1. The molecule has 7 heteroatoms. The first-order valence-corrected chi connectivity index (χ1v) is 8.76. The lowest BCUT2D eigenvalue weighted by atomic mass is 9.97. The topological polar surface area (TPSA) is 90.7 Å². The van der Waals surface area contributed by atoms with E-state index in [-0.39, 0.29) is 17.3 Å². The molecule has 0 aliphatic heterocycles. The van der Waals surface area contributed by atoms with Crippen LogP contribution in [0, 0.1) is 10.1 Å². The lowest BCUT2D eigenvalue weighted by Gasteiger charge is -2.18. The largest absolute Gasteiger partial charge is 0.496 e. The van der Waals surface area contributed by atoms with E-state index in [0.29, 0.717) is 11.7 Å². The Morgan fingerprint density at radius 1 is 1.22 bits per heavy atom. The number of carbonyl (C=O) groups excluding carboxylic acids is 1. The van der Waals surface area contributed by atoms with Crippen molar-refractivity contribution in [2.75, 3.05) is 12.4 Å². The number of nitro benzene ring substituents is 1. The van der Waals surface area contributed by atoms with Gasteiger partial charge < -0.3 is 14.8 Å². The van der Waals surface area contributed by atoms with Crippen LogP contribution in [0.1, 0.15) is 38.7 Å². The van der Waals surface area contributed by atoms with Gasteiger partial charge in [0.2, 0.25) is 0 Å². The number of amides is 1. The lowest BCUT2D eigenvalue weighted by molar-refractivity contribution is -0.386. The number of benzene rings is 2. The lowest BCUT2D eigenvalue weighted by Crippen LogP contribution is -2.30. The summed E-state index contributed by atoms with van der Waals surface area (Å²) in [6.45, 7) is 5.72. The number of para-hydroxylation sites is 1. The Bertz CT molecular complexity index is 822. The molecule has 2 rings (SSSR count). The molecule has 0 aromatic heterocycles. The molecule has 0 unspecified atom stereocenters. The summed E-state index contributed by atoms with van der Waals surface area (Å²) >= 11 is 0. The molecule has 0 radical (unpaired) electrons. The average Bonchev–Trinajstić information content (AvgIpc) is 2.67. The van der Waals surface area contributed by atoms with Gasteiger partial charge in [0, 0.05) is 5.69 Å². The summed E-state index contributed by atoms with van der Waals surface area (Å²) in [5.74, 6) is 0.267. The van der Waals surface area contributed by atoms with Gasteiger partial charge in [-0.25, -0.2) is 0 Å². The number of anilines is 1. The minimum atomic E-state index is -0.915. The molecule has 0 fully saturated rings. The average molecular weight is 372 g/mol. The van der Waals surface area contributed by atoms with Crippen LogP contribution in [0.5, 0.6) is 11.5 Å². The minimum absolute atomic E-state index is 0.0126. The Kier molecular flexibility index (Phi) is 6.76. The van der Waals surface area contributed by atoms with Crippen molar-refractivity contribution in [1.29, 1.82) is 0 Å². The maximum absolute atomic E-state index is 12.6. The second-order valence-electron chi connectivity index (χ2n) is 6.24. The van der Waals surface area contributed by atoms with E-state index in [0.717, 1.165) is 17.7 Å². The molecule has 0 heterocycles. The summed E-state index contributed by atoms with van der Waals surface area (Å²) in [4.78, 5) is 23.2. The van der Waals surface area contributed by atoms with Crippen LogP contribution in [0.25, 0.3) is 0 Å². The number of ether oxygens (including phenoxy) is 2. The third kappa shape index (κ3) is 4.97. The van der Waals surface area contributed by atoms with Crippen LogP contribution in [0.15, 0.2) is 42.5 Å². The zero-order chi connectivity index (χ0) is 20.0. The van der Waals surface area contributed by atoms with Crippen molar-refractivity contribution in [2.24, 2.45) is 0 Å². The molecular formula is C20H24N2O5. The van der Waals surface area contributed by atoms with Crippen molar-refractivity contribution in [1.82, 2.24) is 0 Å². The van der Waals surface area contributed by atoms with E-state index in [2.05, 4.69) is 19.2 Å². The van der Waals surface area contributed by atoms with E-state index < -0.39 is 11.0 Å². The van der Waals surface area contributed by atoms with Gasteiger partial charge in [0.1, 0.15) is 5.75 Å². The predicted octanol–water partition coefficient (Wildman–Crippen LogP) is 4.52. The molecule has 1 N–H and O–H groups in total. The molecular weight excluding hydrogens is 348 g/mol. The molecule has 7 nitrogen and oxygen atoms in total. The van der Waals surface area contributed by atoms with Crippen molar-refractivity contribution in [3.8, 4) is 11.5 Å². The Morgan fingerprint density at radius 2 is 1.93 bits per heavy atom. The highest BCUT2D eigenvalue weighted by Crippen LogP contribution is 2.32. The van der Waals surface area contributed by atoms with Gasteiger partial charge in [-0.2, -0.15) is 0 Å². The molecule has 27 heavy (non-hydrogen) atoms. The van der Waals surface area contributed by atoms with Gasteiger partial charge in [-0.15, -0.1) is 0 Å². The van der Waals surface area contributed by atoms with Crippen LogP contribution >= 0.6 is 0 Å². The Morgan fingerprint density at radius 3 is 2.56 bits per heavy atom.